The van der Waals surface area contributed by atoms with Crippen LogP contribution in [0, 0.1) is 6.92 Å². The Bertz CT molecular complexity index is 1650. The minimum absolute atomic E-state index is 0.0571. The van der Waals surface area contributed by atoms with Crippen LogP contribution < -0.4 is 10.3 Å². The van der Waals surface area contributed by atoms with Crippen molar-refractivity contribution in [3.63, 3.8) is 0 Å². The van der Waals surface area contributed by atoms with Crippen LogP contribution in [0.25, 0.3) is 15.8 Å². The lowest BCUT2D eigenvalue weighted by Crippen LogP contribution is -2.28. The van der Waals surface area contributed by atoms with E-state index in [-0.39, 0.29) is 13.2 Å². The minimum atomic E-state index is -4.77. The van der Waals surface area contributed by atoms with Crippen LogP contribution in [0.1, 0.15) is 35.0 Å². The van der Waals surface area contributed by atoms with Gasteiger partial charge in [0.05, 0.1) is 17.3 Å². The van der Waals surface area contributed by atoms with Gasteiger partial charge < -0.3 is 9.30 Å². The molecule has 0 atom stereocenters. The molecule has 0 bridgehead atoms. The van der Waals surface area contributed by atoms with Crippen LogP contribution in [-0.2, 0) is 19.3 Å². The van der Waals surface area contributed by atoms with E-state index in [4.69, 9.17) is 27.9 Å². The van der Waals surface area contributed by atoms with E-state index < -0.39 is 17.3 Å². The molecule has 0 aliphatic carbocycles. The number of alkyl halides is 3. The van der Waals surface area contributed by atoms with E-state index in [1.165, 1.54) is 30.2 Å². The molecule has 0 N–H and O–H groups in total. The Morgan fingerprint density at radius 3 is 2.69 bits per heavy atom. The van der Waals surface area contributed by atoms with Crippen molar-refractivity contribution in [2.45, 2.75) is 33.2 Å². The number of halogens is 5. The second kappa shape index (κ2) is 11.9. The van der Waals surface area contributed by atoms with Gasteiger partial charge in [-0.3, -0.25) is 9.78 Å². The van der Waals surface area contributed by atoms with Gasteiger partial charge in [-0.15, -0.1) is 0 Å². The lowest BCUT2D eigenvalue weighted by Gasteiger charge is -2.16. The molecule has 1 aromatic carbocycles. The van der Waals surface area contributed by atoms with Crippen LogP contribution in [-0.4, -0.2) is 14.5 Å². The average Bonchev–Trinajstić information content (AvgIpc) is 2.87. The highest BCUT2D eigenvalue weighted by atomic mass is 35.5. The van der Waals surface area contributed by atoms with Gasteiger partial charge in [-0.2, -0.15) is 13.2 Å². The van der Waals surface area contributed by atoms with Crippen molar-refractivity contribution >= 4 is 50.8 Å². The lowest BCUT2D eigenvalue weighted by atomic mass is 10.1. The van der Waals surface area contributed by atoms with Gasteiger partial charge in [0, 0.05) is 44.5 Å². The van der Waals surface area contributed by atoms with Crippen molar-refractivity contribution in [1.29, 1.82) is 0 Å². The third-order valence-corrected chi connectivity index (χ3v) is 7.38. The number of aromatic nitrogens is 3. The molecule has 3 heterocycles. The molecule has 0 aliphatic heterocycles. The van der Waals surface area contributed by atoms with Crippen molar-refractivity contribution in [2.75, 3.05) is 0 Å². The fourth-order valence-electron chi connectivity index (χ4n) is 4.05. The molecule has 202 valence electrons. The largest absolute Gasteiger partial charge is 0.486 e. The molecule has 4 aromatic rings. The van der Waals surface area contributed by atoms with Crippen LogP contribution in [0.4, 0.5) is 13.2 Å². The normalized spacial score (nSPS) is 12.4. The highest BCUT2D eigenvalue weighted by Gasteiger charge is 2.34. The third kappa shape index (κ3) is 6.32. The molecule has 0 unspecified atom stereocenters. The van der Waals surface area contributed by atoms with Gasteiger partial charge in [-0.25, -0.2) is 4.98 Å². The van der Waals surface area contributed by atoms with Crippen molar-refractivity contribution in [1.82, 2.24) is 14.5 Å². The summed E-state index contributed by atoms with van der Waals surface area (Å²) in [6.45, 7) is 7.18. The Hall–Kier alpha value is -3.27. The van der Waals surface area contributed by atoms with E-state index in [1.54, 1.807) is 24.5 Å². The Morgan fingerprint density at radius 1 is 1.23 bits per heavy atom. The number of aryl methyl sites for hydroxylation is 1. The third-order valence-electron chi connectivity index (χ3n) is 5.79. The van der Waals surface area contributed by atoms with E-state index in [1.807, 2.05) is 25.1 Å². The van der Waals surface area contributed by atoms with Crippen molar-refractivity contribution < 1.29 is 17.9 Å². The van der Waals surface area contributed by atoms with Gasteiger partial charge in [-0.1, -0.05) is 53.7 Å². The zero-order valence-electron chi connectivity index (χ0n) is 20.9. The van der Waals surface area contributed by atoms with E-state index >= 15 is 0 Å². The summed E-state index contributed by atoms with van der Waals surface area (Å²) in [6, 6.07) is 10.9. The Labute approximate surface area is 237 Å². The first-order chi connectivity index (χ1) is 18.5. The molecule has 11 heteroatoms. The number of fused-ring (bicyclic) bond motifs is 1. The molecule has 0 spiro atoms. The first kappa shape index (κ1) is 28.7. The highest BCUT2D eigenvalue weighted by Crippen LogP contribution is 2.39. The van der Waals surface area contributed by atoms with Crippen LogP contribution in [0.5, 0.6) is 5.75 Å². The Balaban J connectivity index is 1.71. The van der Waals surface area contributed by atoms with E-state index in [0.29, 0.717) is 32.6 Å². The molecule has 39 heavy (non-hydrogen) atoms. The second-order valence-corrected chi connectivity index (χ2v) is 10.4. The fourth-order valence-corrected chi connectivity index (χ4v) is 5.13. The Morgan fingerprint density at radius 2 is 2.00 bits per heavy atom. The topological polar surface area (TPSA) is 57.0 Å². The number of ether oxygens (including phenoxy) is 1. The van der Waals surface area contributed by atoms with Gasteiger partial charge in [0.25, 0.3) is 5.56 Å². The maximum Gasteiger partial charge on any atom is 0.421 e. The predicted molar refractivity (Wildman–Crippen MR) is 151 cm³/mol. The molecule has 0 saturated heterocycles. The van der Waals surface area contributed by atoms with E-state index in [2.05, 4.69) is 16.5 Å². The number of allylic oxidation sites excluding steroid dienone is 1. The first-order valence-electron chi connectivity index (χ1n) is 11.6. The summed E-state index contributed by atoms with van der Waals surface area (Å²) in [4.78, 5) is 22.3. The zero-order chi connectivity index (χ0) is 28.3. The molecule has 0 fully saturated rings. The smallest absolute Gasteiger partial charge is 0.421 e. The highest BCUT2D eigenvalue weighted by molar-refractivity contribution is 8.11. The van der Waals surface area contributed by atoms with Crippen molar-refractivity contribution in [3.05, 3.63) is 115 Å². The molecule has 3 aromatic heterocycles. The molecular weight excluding hydrogens is 570 g/mol. The maximum atomic E-state index is 13.2. The van der Waals surface area contributed by atoms with E-state index in [0.717, 1.165) is 32.2 Å². The van der Waals surface area contributed by atoms with Crippen molar-refractivity contribution in [2.24, 2.45) is 0 Å². The number of pyridine rings is 3. The summed E-state index contributed by atoms with van der Waals surface area (Å²) in [5, 5.41) is 3.42. The van der Waals surface area contributed by atoms with Crippen LogP contribution in [0.2, 0.25) is 5.02 Å². The fraction of sp³-hybridized carbons (Fsp3) is 0.179. The number of nitrogens with zero attached hydrogens (tertiary/aromatic N) is 3. The number of para-hydroxylation sites is 1. The summed E-state index contributed by atoms with van der Waals surface area (Å²) >= 11 is 14.2. The van der Waals surface area contributed by atoms with Crippen molar-refractivity contribution in [3.8, 4) is 5.75 Å². The van der Waals surface area contributed by atoms with Gasteiger partial charge >= 0.3 is 6.18 Å². The summed E-state index contributed by atoms with van der Waals surface area (Å²) in [5.74, 6) is 0.467. The van der Waals surface area contributed by atoms with Crippen LogP contribution in [0.15, 0.2) is 76.7 Å². The quantitative estimate of drug-likeness (QED) is 0.207. The summed E-state index contributed by atoms with van der Waals surface area (Å²) < 4.78 is 46.8. The maximum absolute atomic E-state index is 13.2. The zero-order valence-corrected chi connectivity index (χ0v) is 23.2. The van der Waals surface area contributed by atoms with E-state index in [9.17, 15) is 18.0 Å². The molecule has 0 saturated carbocycles. The second-order valence-electron chi connectivity index (χ2n) is 8.47. The molecular formula is C28H22Cl2F3N3O2S. The SMILES string of the molecule is C=CS/C(=C(\C)Cl)c1cc(C)nc2c(OCc3c(Cl)ccnc3Cn3cccc(C(F)(F)F)c3=O)cccc12. The molecule has 0 aliphatic rings. The number of hydrogen-bond donors (Lipinski definition) is 0. The number of benzene rings is 1. The molecule has 0 amide bonds. The standard InChI is InChI=1S/C28H22Cl2F3N3O2S/c1-4-39-26(17(3)29)19-13-16(2)35-25-18(19)7-5-9-24(25)38-15-20-22(30)10-11-34-23(20)14-36-12-6-8-21(27(36)37)28(31,32)33/h4-13H,1,14-15H2,2-3H3/b26-17+. The Kier molecular flexibility index (Phi) is 8.73. The number of thioether (sulfide) groups is 1. The van der Waals surface area contributed by atoms with Gasteiger partial charge in [0.1, 0.15) is 23.4 Å². The predicted octanol–water partition coefficient (Wildman–Crippen LogP) is 8.20. The minimum Gasteiger partial charge on any atom is -0.486 e. The molecule has 5 nitrogen and oxygen atoms in total. The first-order valence-corrected chi connectivity index (χ1v) is 13.2. The lowest BCUT2D eigenvalue weighted by molar-refractivity contribution is -0.138. The van der Waals surface area contributed by atoms with Crippen LogP contribution in [0.3, 0.4) is 0 Å². The average molecular weight is 592 g/mol. The molecule has 4 rings (SSSR count). The van der Waals surface area contributed by atoms with Gasteiger partial charge in [0.2, 0.25) is 0 Å². The van der Waals surface area contributed by atoms with Gasteiger partial charge in [0.15, 0.2) is 0 Å². The number of rotatable bonds is 8. The monoisotopic (exact) mass is 591 g/mol. The molecule has 0 radical (unpaired) electrons. The van der Waals surface area contributed by atoms with Crippen LogP contribution >= 0.6 is 35.0 Å². The van der Waals surface area contributed by atoms with Gasteiger partial charge in [-0.05, 0) is 49.6 Å². The number of hydrogen-bond acceptors (Lipinski definition) is 5. The summed E-state index contributed by atoms with van der Waals surface area (Å²) in [6.07, 6.45) is -2.07. The summed E-state index contributed by atoms with van der Waals surface area (Å²) in [7, 11) is 0. The summed E-state index contributed by atoms with van der Waals surface area (Å²) in [5.41, 5.74) is 0.543.